The molecule has 0 saturated heterocycles. The Morgan fingerprint density at radius 3 is 2.35 bits per heavy atom. The van der Waals surface area contributed by atoms with Gasteiger partial charge in [-0.2, -0.15) is 5.26 Å². The third-order valence-electron chi connectivity index (χ3n) is 4.22. The average Bonchev–Trinajstić information content (AvgIpc) is 2.82. The van der Waals surface area contributed by atoms with Crippen LogP contribution in [0.4, 0.5) is 0 Å². The first-order valence-electron chi connectivity index (χ1n) is 6.97. The van der Waals surface area contributed by atoms with E-state index in [1.54, 1.807) is 0 Å². The number of nitrogens with one attached hydrogen (secondary N) is 1. The number of amides is 1. The molecule has 3 heteroatoms. The minimum atomic E-state index is 0.220. The average molecular weight is 234 g/mol. The second kappa shape index (κ2) is 6.05. The quantitative estimate of drug-likeness (QED) is 0.816. The van der Waals surface area contributed by atoms with Crippen LogP contribution in [0.1, 0.15) is 57.8 Å². The SMILES string of the molecule is N#CC1CCC(NC(=O)CC2CCCC2)CC1. The monoisotopic (exact) mass is 234 g/mol. The standard InChI is InChI=1S/C14H22N2O/c15-10-12-5-7-13(8-6-12)16-14(17)9-11-3-1-2-4-11/h11-13H,1-9H2,(H,16,17). The highest BCUT2D eigenvalue weighted by molar-refractivity contribution is 5.76. The van der Waals surface area contributed by atoms with E-state index >= 15 is 0 Å². The van der Waals surface area contributed by atoms with E-state index < -0.39 is 0 Å². The van der Waals surface area contributed by atoms with Gasteiger partial charge in [-0.1, -0.05) is 12.8 Å². The summed E-state index contributed by atoms with van der Waals surface area (Å²) in [5.74, 6) is 1.08. The van der Waals surface area contributed by atoms with E-state index in [1.807, 2.05) is 0 Å². The molecule has 0 radical (unpaired) electrons. The van der Waals surface area contributed by atoms with E-state index in [1.165, 1.54) is 25.7 Å². The highest BCUT2D eigenvalue weighted by atomic mass is 16.1. The molecule has 17 heavy (non-hydrogen) atoms. The molecular weight excluding hydrogens is 212 g/mol. The van der Waals surface area contributed by atoms with Gasteiger partial charge < -0.3 is 5.32 Å². The van der Waals surface area contributed by atoms with Crippen LogP contribution in [0.5, 0.6) is 0 Å². The molecular formula is C14H22N2O. The van der Waals surface area contributed by atoms with Crippen LogP contribution in [0, 0.1) is 23.2 Å². The lowest BCUT2D eigenvalue weighted by atomic mass is 9.87. The molecule has 0 unspecified atom stereocenters. The van der Waals surface area contributed by atoms with Crippen LogP contribution in [-0.2, 0) is 4.79 Å². The molecule has 1 N–H and O–H groups in total. The van der Waals surface area contributed by atoms with Crippen LogP contribution in [-0.4, -0.2) is 11.9 Å². The Balaban J connectivity index is 1.67. The van der Waals surface area contributed by atoms with Gasteiger partial charge >= 0.3 is 0 Å². The Morgan fingerprint density at radius 2 is 1.76 bits per heavy atom. The van der Waals surface area contributed by atoms with Gasteiger partial charge in [-0.25, -0.2) is 0 Å². The predicted molar refractivity (Wildman–Crippen MR) is 66.1 cm³/mol. The van der Waals surface area contributed by atoms with Crippen molar-refractivity contribution in [3.63, 3.8) is 0 Å². The van der Waals surface area contributed by atoms with Gasteiger partial charge in [-0.15, -0.1) is 0 Å². The minimum absolute atomic E-state index is 0.220. The molecule has 0 heterocycles. The van der Waals surface area contributed by atoms with Crippen molar-refractivity contribution in [2.75, 3.05) is 0 Å². The third-order valence-corrected chi connectivity index (χ3v) is 4.22. The number of nitriles is 1. The summed E-state index contributed by atoms with van der Waals surface area (Å²) in [7, 11) is 0. The molecule has 0 spiro atoms. The van der Waals surface area contributed by atoms with Gasteiger partial charge in [0.05, 0.1) is 6.07 Å². The van der Waals surface area contributed by atoms with Crippen molar-refractivity contribution in [1.82, 2.24) is 5.32 Å². The number of rotatable bonds is 3. The van der Waals surface area contributed by atoms with Crippen molar-refractivity contribution >= 4 is 5.91 Å². The molecule has 0 atom stereocenters. The molecule has 0 bridgehead atoms. The van der Waals surface area contributed by atoms with Crippen molar-refractivity contribution < 1.29 is 4.79 Å². The number of hydrogen-bond donors (Lipinski definition) is 1. The van der Waals surface area contributed by atoms with Crippen LogP contribution in [0.25, 0.3) is 0 Å². The lowest BCUT2D eigenvalue weighted by Crippen LogP contribution is -2.38. The molecule has 2 rings (SSSR count). The summed E-state index contributed by atoms with van der Waals surface area (Å²) in [6.07, 6.45) is 9.64. The van der Waals surface area contributed by atoms with Crippen molar-refractivity contribution in [2.45, 2.75) is 63.8 Å². The maximum atomic E-state index is 11.8. The smallest absolute Gasteiger partial charge is 0.220 e. The van der Waals surface area contributed by atoms with Gasteiger partial charge in [0, 0.05) is 18.4 Å². The van der Waals surface area contributed by atoms with Crippen molar-refractivity contribution in [3.8, 4) is 6.07 Å². The summed E-state index contributed by atoms with van der Waals surface area (Å²) >= 11 is 0. The van der Waals surface area contributed by atoms with Gasteiger partial charge in [-0.05, 0) is 44.4 Å². The third kappa shape index (κ3) is 3.73. The first kappa shape index (κ1) is 12.4. The Kier molecular flexibility index (Phi) is 4.42. The number of carbonyl (C=O) groups excluding carboxylic acids is 1. The summed E-state index contributed by atoms with van der Waals surface area (Å²) in [6, 6.07) is 2.65. The summed E-state index contributed by atoms with van der Waals surface area (Å²) in [5, 5.41) is 12.0. The Labute approximate surface area is 104 Å². The number of nitrogens with zero attached hydrogens (tertiary/aromatic N) is 1. The van der Waals surface area contributed by atoms with E-state index in [2.05, 4.69) is 11.4 Å². The maximum absolute atomic E-state index is 11.8. The highest BCUT2D eigenvalue weighted by Gasteiger charge is 2.24. The maximum Gasteiger partial charge on any atom is 0.220 e. The second-order valence-corrected chi connectivity index (χ2v) is 5.60. The van der Waals surface area contributed by atoms with Crippen LogP contribution in [0.3, 0.4) is 0 Å². The van der Waals surface area contributed by atoms with Gasteiger partial charge in [-0.3, -0.25) is 4.79 Å². The minimum Gasteiger partial charge on any atom is -0.353 e. The van der Waals surface area contributed by atoms with Gasteiger partial charge in [0.25, 0.3) is 0 Å². The normalized spacial score (nSPS) is 29.8. The summed E-state index contributed by atoms with van der Waals surface area (Å²) < 4.78 is 0. The van der Waals surface area contributed by atoms with E-state index in [9.17, 15) is 4.79 Å². The molecule has 0 aromatic rings. The molecule has 0 aromatic heterocycles. The molecule has 2 aliphatic carbocycles. The number of carbonyl (C=O) groups is 1. The zero-order valence-electron chi connectivity index (χ0n) is 10.5. The van der Waals surface area contributed by atoms with E-state index in [4.69, 9.17) is 5.26 Å². The Hall–Kier alpha value is -1.04. The van der Waals surface area contributed by atoms with Crippen molar-refractivity contribution in [2.24, 2.45) is 11.8 Å². The van der Waals surface area contributed by atoms with Gasteiger partial charge in [0.2, 0.25) is 5.91 Å². The summed E-state index contributed by atoms with van der Waals surface area (Å²) in [4.78, 5) is 11.8. The Bertz CT molecular complexity index is 294. The van der Waals surface area contributed by atoms with Crippen LogP contribution in [0.15, 0.2) is 0 Å². The molecule has 0 aromatic carbocycles. The second-order valence-electron chi connectivity index (χ2n) is 5.60. The molecule has 0 aliphatic heterocycles. The van der Waals surface area contributed by atoms with E-state index in [0.29, 0.717) is 12.0 Å². The molecule has 2 saturated carbocycles. The largest absolute Gasteiger partial charge is 0.353 e. The van der Waals surface area contributed by atoms with Gasteiger partial charge in [0.1, 0.15) is 0 Å². The fraction of sp³-hybridized carbons (Fsp3) is 0.857. The van der Waals surface area contributed by atoms with Crippen molar-refractivity contribution in [1.29, 1.82) is 5.26 Å². The van der Waals surface area contributed by atoms with Crippen LogP contribution < -0.4 is 5.32 Å². The lowest BCUT2D eigenvalue weighted by Gasteiger charge is -2.26. The molecule has 2 aliphatic rings. The summed E-state index contributed by atoms with van der Waals surface area (Å²) in [5.41, 5.74) is 0. The molecule has 1 amide bonds. The van der Waals surface area contributed by atoms with E-state index in [-0.39, 0.29) is 11.8 Å². The molecule has 94 valence electrons. The van der Waals surface area contributed by atoms with Gasteiger partial charge in [0.15, 0.2) is 0 Å². The van der Waals surface area contributed by atoms with Crippen LogP contribution >= 0.6 is 0 Å². The fourth-order valence-corrected chi connectivity index (χ4v) is 3.13. The first-order chi connectivity index (χ1) is 8.28. The molecule has 3 nitrogen and oxygen atoms in total. The predicted octanol–water partition coefficient (Wildman–Crippen LogP) is 2.77. The molecule has 2 fully saturated rings. The fourth-order valence-electron chi connectivity index (χ4n) is 3.13. The topological polar surface area (TPSA) is 52.9 Å². The van der Waals surface area contributed by atoms with Crippen LogP contribution in [0.2, 0.25) is 0 Å². The zero-order valence-corrected chi connectivity index (χ0v) is 10.5. The summed E-state index contributed by atoms with van der Waals surface area (Å²) in [6.45, 7) is 0. The lowest BCUT2D eigenvalue weighted by molar-refractivity contribution is -0.122. The van der Waals surface area contributed by atoms with E-state index in [0.717, 1.165) is 32.1 Å². The van der Waals surface area contributed by atoms with Crippen molar-refractivity contribution in [3.05, 3.63) is 0 Å². The first-order valence-corrected chi connectivity index (χ1v) is 6.97. The number of hydrogen-bond acceptors (Lipinski definition) is 2. The zero-order chi connectivity index (χ0) is 12.1. The highest BCUT2D eigenvalue weighted by Crippen LogP contribution is 2.28. The Morgan fingerprint density at radius 1 is 1.12 bits per heavy atom.